The first-order valence-electron chi connectivity index (χ1n) is 20.8. The van der Waals surface area contributed by atoms with Crippen LogP contribution in [0.15, 0.2) is 235 Å². The Balaban J connectivity index is 1.04. The highest BCUT2D eigenvalue weighted by Crippen LogP contribution is 2.46. The molecule has 0 saturated heterocycles. The van der Waals surface area contributed by atoms with Crippen LogP contribution in [0.1, 0.15) is 0 Å². The van der Waals surface area contributed by atoms with Crippen LogP contribution in [-0.4, -0.2) is 4.57 Å². The fraction of sp³-hybridized carbons (Fsp3) is 0. The maximum absolute atomic E-state index is 6.83. The maximum Gasteiger partial charge on any atom is 0.160 e. The number of furan rings is 1. The Hall–Kier alpha value is -8.14. The van der Waals surface area contributed by atoms with Crippen LogP contribution < -0.4 is 4.90 Å². The molecule has 0 fully saturated rings. The minimum absolute atomic E-state index is 0.883. The van der Waals surface area contributed by atoms with Crippen LogP contribution in [0, 0.1) is 0 Å². The van der Waals surface area contributed by atoms with Crippen molar-refractivity contribution in [3.05, 3.63) is 231 Å². The molecule has 0 atom stereocenters. The summed E-state index contributed by atoms with van der Waals surface area (Å²) in [6, 6.07) is 82.8. The molecule has 3 heteroatoms. The first-order valence-corrected chi connectivity index (χ1v) is 20.8. The number of fused-ring (bicyclic) bond motifs is 8. The summed E-state index contributed by atoms with van der Waals surface area (Å²) in [6.07, 6.45) is 0. The highest BCUT2D eigenvalue weighted by molar-refractivity contribution is 6.26. The number of rotatable bonds is 7. The molecule has 12 rings (SSSR count). The van der Waals surface area contributed by atoms with Gasteiger partial charge in [0.15, 0.2) is 5.58 Å². The predicted octanol–water partition coefficient (Wildman–Crippen LogP) is 16.3. The summed E-state index contributed by atoms with van der Waals surface area (Å²) in [6.45, 7) is 0. The zero-order valence-electron chi connectivity index (χ0n) is 33.2. The van der Waals surface area contributed by atoms with Gasteiger partial charge >= 0.3 is 0 Å². The molecule has 0 bridgehead atoms. The van der Waals surface area contributed by atoms with Crippen molar-refractivity contribution in [1.82, 2.24) is 4.57 Å². The van der Waals surface area contributed by atoms with Gasteiger partial charge in [-0.05, 0) is 111 Å². The van der Waals surface area contributed by atoms with Gasteiger partial charge in [0, 0.05) is 44.3 Å². The molecule has 0 amide bonds. The molecular formula is C58H38N2O. The van der Waals surface area contributed by atoms with Gasteiger partial charge in [0.1, 0.15) is 5.58 Å². The largest absolute Gasteiger partial charge is 0.454 e. The van der Waals surface area contributed by atoms with Crippen molar-refractivity contribution in [2.45, 2.75) is 0 Å². The molecule has 2 heterocycles. The molecule has 286 valence electrons. The Kier molecular flexibility index (Phi) is 8.17. The number of para-hydroxylation sites is 2. The fourth-order valence-corrected chi connectivity index (χ4v) is 9.24. The number of aromatic nitrogens is 1. The SMILES string of the molecule is c1ccc(-c2ccc(N(c3ccc(-c4ccccc4)cc3)c3ccc(-c4cc5c6ccccc6oc5c5c4c4ccccc4n5-c4ccc5ccccc5c4)cc3)cc2)cc1. The smallest absolute Gasteiger partial charge is 0.160 e. The molecule has 0 aliphatic rings. The third-order valence-electron chi connectivity index (χ3n) is 12.2. The Morgan fingerprint density at radius 3 is 1.51 bits per heavy atom. The highest BCUT2D eigenvalue weighted by Gasteiger charge is 2.23. The molecule has 0 spiro atoms. The van der Waals surface area contributed by atoms with E-state index in [9.17, 15) is 0 Å². The van der Waals surface area contributed by atoms with E-state index in [0.717, 1.165) is 61.3 Å². The van der Waals surface area contributed by atoms with Crippen molar-refractivity contribution >= 4 is 71.6 Å². The summed E-state index contributed by atoms with van der Waals surface area (Å²) in [5, 5.41) is 6.99. The van der Waals surface area contributed by atoms with Gasteiger partial charge in [0.2, 0.25) is 0 Å². The average molecular weight is 779 g/mol. The molecule has 0 saturated carbocycles. The molecular weight excluding hydrogens is 741 g/mol. The van der Waals surface area contributed by atoms with Gasteiger partial charge in [-0.15, -0.1) is 0 Å². The van der Waals surface area contributed by atoms with Gasteiger partial charge in [0.05, 0.1) is 11.0 Å². The number of nitrogens with zero attached hydrogens (tertiary/aromatic N) is 2. The van der Waals surface area contributed by atoms with Gasteiger partial charge in [-0.1, -0.05) is 164 Å². The van der Waals surface area contributed by atoms with Gasteiger partial charge in [-0.25, -0.2) is 0 Å². The van der Waals surface area contributed by atoms with E-state index in [2.05, 4.69) is 240 Å². The standard InChI is InChI=1S/C58H38N2O/c1-3-13-39(14-4-1)42-23-30-46(31-24-42)59(47-32-25-43(26-33-47)40-15-5-2-6-16-40)48-34-28-44(29-35-48)52-38-53-50-19-10-12-22-55(50)61-58(53)57-56(52)51-20-9-11-21-54(51)60(57)49-36-27-41-17-7-8-18-45(41)37-49/h1-38H. The number of hydrogen-bond acceptors (Lipinski definition) is 2. The van der Waals surface area contributed by atoms with Crippen LogP contribution in [0.5, 0.6) is 0 Å². The minimum Gasteiger partial charge on any atom is -0.454 e. The van der Waals surface area contributed by atoms with Crippen LogP contribution in [-0.2, 0) is 0 Å². The lowest BCUT2D eigenvalue weighted by Gasteiger charge is -2.26. The molecule has 0 N–H and O–H groups in total. The number of hydrogen-bond donors (Lipinski definition) is 0. The maximum atomic E-state index is 6.83. The minimum atomic E-state index is 0.883. The summed E-state index contributed by atoms with van der Waals surface area (Å²) >= 11 is 0. The predicted molar refractivity (Wildman–Crippen MR) is 257 cm³/mol. The van der Waals surface area contributed by atoms with Crippen LogP contribution in [0.3, 0.4) is 0 Å². The second kappa shape index (κ2) is 14.3. The van der Waals surface area contributed by atoms with Crippen molar-refractivity contribution < 1.29 is 4.42 Å². The van der Waals surface area contributed by atoms with E-state index < -0.39 is 0 Å². The second-order valence-electron chi connectivity index (χ2n) is 15.7. The quantitative estimate of drug-likeness (QED) is 0.161. The van der Waals surface area contributed by atoms with Crippen LogP contribution >= 0.6 is 0 Å². The average Bonchev–Trinajstić information content (AvgIpc) is 3.89. The fourth-order valence-electron chi connectivity index (χ4n) is 9.24. The molecule has 2 aromatic heterocycles. The molecule has 12 aromatic rings. The highest BCUT2D eigenvalue weighted by atomic mass is 16.3. The van der Waals surface area contributed by atoms with Crippen molar-refractivity contribution in [3.8, 4) is 39.1 Å². The summed E-state index contributed by atoms with van der Waals surface area (Å²) in [7, 11) is 0. The summed E-state index contributed by atoms with van der Waals surface area (Å²) in [5.74, 6) is 0. The van der Waals surface area contributed by atoms with Gasteiger partial charge < -0.3 is 13.9 Å². The van der Waals surface area contributed by atoms with E-state index in [1.807, 2.05) is 0 Å². The lowest BCUT2D eigenvalue weighted by molar-refractivity contribution is 0.671. The molecule has 0 unspecified atom stereocenters. The summed E-state index contributed by atoms with van der Waals surface area (Å²) in [5.41, 5.74) is 15.4. The van der Waals surface area contributed by atoms with Crippen molar-refractivity contribution in [2.24, 2.45) is 0 Å². The lowest BCUT2D eigenvalue weighted by atomic mass is 9.96. The van der Waals surface area contributed by atoms with E-state index in [1.165, 1.54) is 49.4 Å². The molecule has 61 heavy (non-hydrogen) atoms. The van der Waals surface area contributed by atoms with Crippen LogP contribution in [0.2, 0.25) is 0 Å². The Labute approximate surface area is 353 Å². The zero-order valence-corrected chi connectivity index (χ0v) is 33.2. The molecule has 0 aliphatic carbocycles. The van der Waals surface area contributed by atoms with E-state index in [4.69, 9.17) is 4.42 Å². The summed E-state index contributed by atoms with van der Waals surface area (Å²) < 4.78 is 9.23. The second-order valence-corrected chi connectivity index (χ2v) is 15.7. The topological polar surface area (TPSA) is 21.3 Å². The third-order valence-corrected chi connectivity index (χ3v) is 12.2. The third kappa shape index (κ3) is 5.90. The van der Waals surface area contributed by atoms with Gasteiger partial charge in [-0.2, -0.15) is 0 Å². The monoisotopic (exact) mass is 778 g/mol. The van der Waals surface area contributed by atoms with Gasteiger partial charge in [0.25, 0.3) is 0 Å². The number of anilines is 3. The van der Waals surface area contributed by atoms with E-state index in [1.54, 1.807) is 0 Å². The van der Waals surface area contributed by atoms with Crippen LogP contribution in [0.25, 0.3) is 93.6 Å². The van der Waals surface area contributed by atoms with E-state index >= 15 is 0 Å². The Bertz CT molecular complexity index is 3460. The Morgan fingerprint density at radius 2 is 0.869 bits per heavy atom. The van der Waals surface area contributed by atoms with Gasteiger partial charge in [-0.3, -0.25) is 0 Å². The zero-order chi connectivity index (χ0) is 40.3. The normalized spacial score (nSPS) is 11.6. The summed E-state index contributed by atoms with van der Waals surface area (Å²) in [4.78, 5) is 2.35. The van der Waals surface area contributed by atoms with Crippen molar-refractivity contribution in [1.29, 1.82) is 0 Å². The first-order chi connectivity index (χ1) is 30.2. The van der Waals surface area contributed by atoms with E-state index in [-0.39, 0.29) is 0 Å². The number of benzene rings is 10. The first kappa shape index (κ1) is 34.9. The Morgan fingerprint density at radius 1 is 0.361 bits per heavy atom. The molecule has 0 radical (unpaired) electrons. The van der Waals surface area contributed by atoms with Crippen molar-refractivity contribution in [3.63, 3.8) is 0 Å². The van der Waals surface area contributed by atoms with Crippen molar-refractivity contribution in [2.75, 3.05) is 4.90 Å². The molecule has 0 aliphatic heterocycles. The molecule has 3 nitrogen and oxygen atoms in total. The van der Waals surface area contributed by atoms with E-state index in [0.29, 0.717) is 0 Å². The lowest BCUT2D eigenvalue weighted by Crippen LogP contribution is -2.09. The molecule has 10 aromatic carbocycles. The van der Waals surface area contributed by atoms with Crippen LogP contribution in [0.4, 0.5) is 17.1 Å².